The molecule has 0 aliphatic heterocycles. The van der Waals surface area contributed by atoms with Crippen LogP contribution < -0.4 is 15.8 Å². The van der Waals surface area contributed by atoms with Crippen LogP contribution in [0.3, 0.4) is 0 Å². The number of benzene rings is 1. The third-order valence-electron chi connectivity index (χ3n) is 2.63. The molecule has 2 heterocycles. The Morgan fingerprint density at radius 2 is 2.15 bits per heavy atom. The van der Waals surface area contributed by atoms with Crippen LogP contribution in [0.2, 0.25) is 0 Å². The van der Waals surface area contributed by atoms with Gasteiger partial charge >= 0.3 is 0 Å². The van der Waals surface area contributed by atoms with Gasteiger partial charge < -0.3 is 15.8 Å². The van der Waals surface area contributed by atoms with Crippen LogP contribution in [0.5, 0.6) is 5.75 Å². The van der Waals surface area contributed by atoms with E-state index in [0.717, 1.165) is 27.1 Å². The molecule has 0 aliphatic carbocycles. The number of thiazole rings is 2. The van der Waals surface area contributed by atoms with Crippen molar-refractivity contribution in [1.29, 1.82) is 0 Å². The Labute approximate surface area is 124 Å². The molecule has 20 heavy (non-hydrogen) atoms. The van der Waals surface area contributed by atoms with Crippen LogP contribution >= 0.6 is 22.7 Å². The minimum Gasteiger partial charge on any atom is -0.495 e. The Bertz CT molecular complexity index is 722. The summed E-state index contributed by atoms with van der Waals surface area (Å²) >= 11 is 2.95. The van der Waals surface area contributed by atoms with Crippen LogP contribution in [0.1, 0.15) is 0 Å². The van der Waals surface area contributed by atoms with Crippen molar-refractivity contribution >= 4 is 38.6 Å². The van der Waals surface area contributed by atoms with Crippen molar-refractivity contribution in [1.82, 2.24) is 9.97 Å². The minimum atomic E-state index is 0.548. The molecule has 0 atom stereocenters. The number of para-hydroxylation sites is 2. The summed E-state index contributed by atoms with van der Waals surface area (Å²) in [4.78, 5) is 9.53. The number of nitrogens with one attached hydrogen (secondary N) is 1. The van der Waals surface area contributed by atoms with Crippen molar-refractivity contribution in [3.63, 3.8) is 0 Å². The van der Waals surface area contributed by atoms with Gasteiger partial charge in [0.25, 0.3) is 0 Å². The molecule has 0 spiro atoms. The van der Waals surface area contributed by atoms with E-state index in [1.54, 1.807) is 13.3 Å². The summed E-state index contributed by atoms with van der Waals surface area (Å²) in [6.07, 6.45) is 1.74. The molecule has 0 bridgehead atoms. The van der Waals surface area contributed by atoms with Gasteiger partial charge in [-0.25, -0.2) is 9.97 Å². The molecule has 0 aliphatic rings. The Balaban J connectivity index is 1.84. The van der Waals surface area contributed by atoms with Gasteiger partial charge in [0.2, 0.25) is 0 Å². The second kappa shape index (κ2) is 5.48. The smallest absolute Gasteiger partial charge is 0.187 e. The van der Waals surface area contributed by atoms with Crippen LogP contribution in [0.15, 0.2) is 35.8 Å². The number of nitrogens with two attached hydrogens (primary N) is 1. The second-order valence-electron chi connectivity index (χ2n) is 3.93. The van der Waals surface area contributed by atoms with E-state index in [1.165, 1.54) is 22.7 Å². The Morgan fingerprint density at radius 3 is 2.90 bits per heavy atom. The standard InChI is InChI=1S/C13H12N4OS2/c1-18-10-5-3-2-4-8(10)16-13-17-9(7-19-13)11-6-15-12(14)20-11/h2-7H,1H3,(H2,14,15)(H,16,17). The van der Waals surface area contributed by atoms with E-state index in [1.807, 2.05) is 29.6 Å². The molecular weight excluding hydrogens is 292 g/mol. The van der Waals surface area contributed by atoms with Crippen molar-refractivity contribution in [3.05, 3.63) is 35.8 Å². The first-order valence-corrected chi connectivity index (χ1v) is 7.53. The molecule has 0 amide bonds. The number of anilines is 3. The van der Waals surface area contributed by atoms with Gasteiger partial charge in [-0.05, 0) is 12.1 Å². The number of methoxy groups -OCH3 is 1. The Hall–Kier alpha value is -2.12. The van der Waals surface area contributed by atoms with Gasteiger partial charge in [-0.3, -0.25) is 0 Å². The average Bonchev–Trinajstić information content (AvgIpc) is 3.08. The minimum absolute atomic E-state index is 0.548. The highest BCUT2D eigenvalue weighted by Crippen LogP contribution is 2.33. The Kier molecular flexibility index (Phi) is 3.53. The van der Waals surface area contributed by atoms with Gasteiger partial charge in [-0.1, -0.05) is 23.5 Å². The summed E-state index contributed by atoms with van der Waals surface area (Å²) < 4.78 is 5.30. The van der Waals surface area contributed by atoms with E-state index in [0.29, 0.717) is 5.13 Å². The Morgan fingerprint density at radius 1 is 1.30 bits per heavy atom. The summed E-state index contributed by atoms with van der Waals surface area (Å²) in [5.74, 6) is 0.784. The zero-order valence-electron chi connectivity index (χ0n) is 10.7. The van der Waals surface area contributed by atoms with Gasteiger partial charge in [-0.2, -0.15) is 0 Å². The van der Waals surface area contributed by atoms with Crippen molar-refractivity contribution in [2.45, 2.75) is 0 Å². The monoisotopic (exact) mass is 304 g/mol. The van der Waals surface area contributed by atoms with E-state index >= 15 is 0 Å². The lowest BCUT2D eigenvalue weighted by Gasteiger charge is -2.07. The fourth-order valence-corrected chi connectivity index (χ4v) is 3.16. The van der Waals surface area contributed by atoms with Crippen molar-refractivity contribution in [3.8, 4) is 16.3 Å². The number of hydrogen-bond acceptors (Lipinski definition) is 7. The normalized spacial score (nSPS) is 10.4. The zero-order chi connectivity index (χ0) is 13.9. The SMILES string of the molecule is COc1ccccc1Nc1nc(-c2cnc(N)s2)cs1. The number of nitrogens with zero attached hydrogens (tertiary/aromatic N) is 2. The first kappa shape index (κ1) is 12.9. The fourth-order valence-electron chi connectivity index (χ4n) is 1.71. The van der Waals surface area contributed by atoms with Crippen LogP contribution in [0.25, 0.3) is 10.6 Å². The van der Waals surface area contributed by atoms with E-state index in [4.69, 9.17) is 10.5 Å². The molecule has 7 heteroatoms. The summed E-state index contributed by atoms with van der Waals surface area (Å²) in [5.41, 5.74) is 7.40. The summed E-state index contributed by atoms with van der Waals surface area (Å²) in [5, 5.41) is 6.58. The van der Waals surface area contributed by atoms with Gasteiger partial charge in [0.15, 0.2) is 10.3 Å². The van der Waals surface area contributed by atoms with Crippen molar-refractivity contribution < 1.29 is 4.74 Å². The largest absolute Gasteiger partial charge is 0.495 e. The molecule has 3 rings (SSSR count). The second-order valence-corrected chi connectivity index (χ2v) is 5.85. The van der Waals surface area contributed by atoms with E-state index in [2.05, 4.69) is 15.3 Å². The maximum atomic E-state index is 5.64. The van der Waals surface area contributed by atoms with Gasteiger partial charge in [0.1, 0.15) is 5.75 Å². The lowest BCUT2D eigenvalue weighted by Crippen LogP contribution is -1.93. The number of hydrogen-bond donors (Lipinski definition) is 2. The predicted octanol–water partition coefficient (Wildman–Crippen LogP) is 3.60. The number of rotatable bonds is 4. The average molecular weight is 304 g/mol. The predicted molar refractivity (Wildman–Crippen MR) is 83.9 cm³/mol. The third kappa shape index (κ3) is 2.59. The highest BCUT2D eigenvalue weighted by atomic mass is 32.1. The first-order valence-electron chi connectivity index (χ1n) is 5.83. The molecule has 5 nitrogen and oxygen atoms in total. The number of ether oxygens (including phenoxy) is 1. The van der Waals surface area contributed by atoms with E-state index in [-0.39, 0.29) is 0 Å². The summed E-state index contributed by atoms with van der Waals surface area (Å²) in [7, 11) is 1.65. The third-order valence-corrected chi connectivity index (χ3v) is 4.24. The van der Waals surface area contributed by atoms with Crippen LogP contribution in [-0.2, 0) is 0 Å². The van der Waals surface area contributed by atoms with E-state index in [9.17, 15) is 0 Å². The highest BCUT2D eigenvalue weighted by molar-refractivity contribution is 7.19. The maximum Gasteiger partial charge on any atom is 0.187 e. The summed E-state index contributed by atoms with van der Waals surface area (Å²) in [6.45, 7) is 0. The molecule has 0 saturated heterocycles. The molecule has 1 aromatic carbocycles. The number of aromatic nitrogens is 2. The van der Waals surface area contributed by atoms with Crippen molar-refractivity contribution in [2.24, 2.45) is 0 Å². The molecule has 0 saturated carbocycles. The molecule has 0 unspecified atom stereocenters. The number of nitrogen functional groups attached to an aromatic ring is 1. The highest BCUT2D eigenvalue weighted by Gasteiger charge is 2.09. The van der Waals surface area contributed by atoms with Gasteiger partial charge in [0, 0.05) is 11.6 Å². The van der Waals surface area contributed by atoms with Crippen LogP contribution in [-0.4, -0.2) is 17.1 Å². The molecule has 3 N–H and O–H groups in total. The molecule has 3 aromatic rings. The maximum absolute atomic E-state index is 5.64. The molecular formula is C13H12N4OS2. The van der Waals surface area contributed by atoms with Gasteiger partial charge in [-0.15, -0.1) is 11.3 Å². The van der Waals surface area contributed by atoms with E-state index < -0.39 is 0 Å². The van der Waals surface area contributed by atoms with Crippen molar-refractivity contribution in [2.75, 3.05) is 18.2 Å². The molecule has 2 aromatic heterocycles. The van der Waals surface area contributed by atoms with Gasteiger partial charge in [0.05, 0.1) is 23.4 Å². The van der Waals surface area contributed by atoms with Crippen LogP contribution in [0, 0.1) is 0 Å². The summed E-state index contributed by atoms with van der Waals surface area (Å²) in [6, 6.07) is 7.73. The topological polar surface area (TPSA) is 73.1 Å². The quantitative estimate of drug-likeness (QED) is 0.770. The van der Waals surface area contributed by atoms with Crippen LogP contribution in [0.4, 0.5) is 16.0 Å². The zero-order valence-corrected chi connectivity index (χ0v) is 12.3. The molecule has 102 valence electrons. The molecule has 0 fully saturated rings. The first-order chi connectivity index (χ1) is 9.76. The fraction of sp³-hybridized carbons (Fsp3) is 0.0769. The molecule has 0 radical (unpaired) electrons. The lowest BCUT2D eigenvalue weighted by atomic mass is 10.3. The lowest BCUT2D eigenvalue weighted by molar-refractivity contribution is 0.417.